The smallest absolute Gasteiger partial charge is 0.157 e. The number of nitrogens with zero attached hydrogens (tertiary/aromatic N) is 3. The molecule has 0 aliphatic heterocycles. The second kappa shape index (κ2) is 7.51. The fourth-order valence-corrected chi connectivity index (χ4v) is 2.39. The molecule has 24 heavy (non-hydrogen) atoms. The Morgan fingerprint density at radius 2 is 1.62 bits per heavy atom. The van der Waals surface area contributed by atoms with E-state index in [1.807, 2.05) is 51.9 Å². The first-order valence-electron chi connectivity index (χ1n) is 8.05. The molecule has 0 fully saturated rings. The number of hydrogen-bond acceptors (Lipinski definition) is 3. The normalized spacial score (nSPS) is 11.5. The molecule has 0 bridgehead atoms. The van der Waals surface area contributed by atoms with Gasteiger partial charge in [0.05, 0.1) is 5.69 Å². The quantitative estimate of drug-likeness (QED) is 0.605. The molecule has 0 aliphatic rings. The lowest BCUT2D eigenvalue weighted by Gasteiger charge is -2.13. The number of aryl methyl sites for hydroxylation is 1. The molecule has 0 atom stereocenters. The van der Waals surface area contributed by atoms with E-state index < -0.39 is 11.6 Å². The van der Waals surface area contributed by atoms with Crippen molar-refractivity contribution in [2.75, 3.05) is 19.0 Å². The standard InChI is InChI=1S/C19H23F2N3/c1-6-13-11-16(12(2)3)18(21)19(17(13)20)23-22-14-7-9-15(10-8-14)24(4)5/h7-12H,6H2,1-5H3. The first kappa shape index (κ1) is 18.0. The highest BCUT2D eigenvalue weighted by atomic mass is 19.1. The SMILES string of the molecule is CCc1cc(C(C)C)c(F)c(N=Nc2ccc(N(C)C)cc2)c1F. The van der Waals surface area contributed by atoms with E-state index in [9.17, 15) is 8.78 Å². The van der Waals surface area contributed by atoms with E-state index >= 15 is 0 Å². The maximum absolute atomic E-state index is 14.6. The van der Waals surface area contributed by atoms with Crippen LogP contribution in [0.5, 0.6) is 0 Å². The first-order chi connectivity index (χ1) is 11.3. The Hall–Kier alpha value is -2.30. The topological polar surface area (TPSA) is 28.0 Å². The summed E-state index contributed by atoms with van der Waals surface area (Å²) in [7, 11) is 3.87. The Kier molecular flexibility index (Phi) is 5.65. The Labute approximate surface area is 142 Å². The van der Waals surface area contributed by atoms with E-state index in [2.05, 4.69) is 10.2 Å². The molecular formula is C19H23F2N3. The van der Waals surface area contributed by atoms with Crippen molar-refractivity contribution in [3.63, 3.8) is 0 Å². The summed E-state index contributed by atoms with van der Waals surface area (Å²) in [5, 5.41) is 7.86. The van der Waals surface area contributed by atoms with Crippen molar-refractivity contribution in [3.05, 3.63) is 53.1 Å². The van der Waals surface area contributed by atoms with E-state index in [1.54, 1.807) is 18.2 Å². The molecule has 3 nitrogen and oxygen atoms in total. The van der Waals surface area contributed by atoms with Gasteiger partial charge in [0.1, 0.15) is 0 Å². The molecule has 0 heterocycles. The Morgan fingerprint density at radius 1 is 1.00 bits per heavy atom. The van der Waals surface area contributed by atoms with Crippen molar-refractivity contribution >= 4 is 17.1 Å². The molecule has 0 unspecified atom stereocenters. The van der Waals surface area contributed by atoms with Crippen LogP contribution in [0.2, 0.25) is 0 Å². The Balaban J connectivity index is 2.42. The predicted octanol–water partition coefficient (Wildman–Crippen LogP) is 6.13. The van der Waals surface area contributed by atoms with Crippen molar-refractivity contribution in [1.29, 1.82) is 0 Å². The molecule has 0 aromatic heterocycles. The monoisotopic (exact) mass is 331 g/mol. The highest BCUT2D eigenvalue weighted by molar-refractivity contribution is 5.53. The number of benzene rings is 2. The number of hydrogen-bond donors (Lipinski definition) is 0. The van der Waals surface area contributed by atoms with Gasteiger partial charge in [0.15, 0.2) is 17.3 Å². The molecule has 2 rings (SSSR count). The minimum atomic E-state index is -0.631. The van der Waals surface area contributed by atoms with Crippen molar-refractivity contribution in [2.24, 2.45) is 10.2 Å². The second-order valence-electron chi connectivity index (χ2n) is 6.22. The minimum Gasteiger partial charge on any atom is -0.378 e. The highest BCUT2D eigenvalue weighted by Gasteiger charge is 2.19. The van der Waals surface area contributed by atoms with Crippen molar-refractivity contribution in [1.82, 2.24) is 0 Å². The van der Waals surface area contributed by atoms with E-state index in [4.69, 9.17) is 0 Å². The molecule has 128 valence electrons. The van der Waals surface area contributed by atoms with Crippen LogP contribution in [0, 0.1) is 11.6 Å². The third kappa shape index (κ3) is 3.78. The highest BCUT2D eigenvalue weighted by Crippen LogP contribution is 2.33. The van der Waals surface area contributed by atoms with E-state index in [-0.39, 0.29) is 11.6 Å². The number of rotatable bonds is 5. The van der Waals surface area contributed by atoms with Gasteiger partial charge >= 0.3 is 0 Å². The summed E-state index contributed by atoms with van der Waals surface area (Å²) in [6, 6.07) is 8.87. The van der Waals surface area contributed by atoms with Crippen LogP contribution in [0.1, 0.15) is 37.8 Å². The maximum Gasteiger partial charge on any atom is 0.157 e. The van der Waals surface area contributed by atoms with E-state index in [0.717, 1.165) is 5.69 Å². The molecule has 0 amide bonds. The summed E-state index contributed by atoms with van der Waals surface area (Å²) in [4.78, 5) is 1.96. The Bertz CT molecular complexity index is 735. The average molecular weight is 331 g/mol. The summed E-state index contributed by atoms with van der Waals surface area (Å²) < 4.78 is 29.0. The van der Waals surface area contributed by atoms with E-state index in [1.165, 1.54) is 0 Å². The lowest BCUT2D eigenvalue weighted by molar-refractivity contribution is 0.559. The van der Waals surface area contributed by atoms with Crippen LogP contribution in [0.15, 0.2) is 40.6 Å². The average Bonchev–Trinajstić information content (AvgIpc) is 2.55. The van der Waals surface area contributed by atoms with Gasteiger partial charge in [-0.3, -0.25) is 0 Å². The Morgan fingerprint density at radius 3 is 2.12 bits per heavy atom. The van der Waals surface area contributed by atoms with Crippen LogP contribution in [0.25, 0.3) is 0 Å². The third-order valence-corrected chi connectivity index (χ3v) is 3.92. The maximum atomic E-state index is 14.6. The lowest BCUT2D eigenvalue weighted by atomic mass is 9.97. The molecule has 0 aliphatic carbocycles. The largest absolute Gasteiger partial charge is 0.378 e. The van der Waals surface area contributed by atoms with Crippen LogP contribution in [0.3, 0.4) is 0 Å². The fraction of sp³-hybridized carbons (Fsp3) is 0.368. The zero-order chi connectivity index (χ0) is 17.9. The zero-order valence-corrected chi connectivity index (χ0v) is 14.8. The summed E-state index contributed by atoms with van der Waals surface area (Å²) >= 11 is 0. The first-order valence-corrected chi connectivity index (χ1v) is 8.05. The molecule has 2 aromatic rings. The van der Waals surface area contributed by atoms with Crippen LogP contribution >= 0.6 is 0 Å². The van der Waals surface area contributed by atoms with Gasteiger partial charge < -0.3 is 4.90 Å². The molecule has 0 N–H and O–H groups in total. The van der Waals surface area contributed by atoms with Gasteiger partial charge in [-0.05, 0) is 53.8 Å². The van der Waals surface area contributed by atoms with Crippen LogP contribution in [0.4, 0.5) is 25.8 Å². The molecule has 0 spiro atoms. The van der Waals surface area contributed by atoms with Crippen LogP contribution in [-0.2, 0) is 6.42 Å². The van der Waals surface area contributed by atoms with Crippen molar-refractivity contribution < 1.29 is 8.78 Å². The third-order valence-electron chi connectivity index (χ3n) is 3.92. The predicted molar refractivity (Wildman–Crippen MR) is 94.8 cm³/mol. The number of halogens is 2. The number of anilines is 1. The molecule has 2 aromatic carbocycles. The second-order valence-corrected chi connectivity index (χ2v) is 6.22. The van der Waals surface area contributed by atoms with Gasteiger partial charge in [-0.15, -0.1) is 5.11 Å². The molecule has 0 saturated carbocycles. The molecule has 0 saturated heterocycles. The van der Waals surface area contributed by atoms with Gasteiger partial charge in [0, 0.05) is 19.8 Å². The number of azo groups is 1. The van der Waals surface area contributed by atoms with Gasteiger partial charge in [0.2, 0.25) is 0 Å². The minimum absolute atomic E-state index is 0.0516. The summed E-state index contributed by atoms with van der Waals surface area (Å²) in [6.45, 7) is 5.58. The van der Waals surface area contributed by atoms with Crippen LogP contribution < -0.4 is 4.90 Å². The lowest BCUT2D eigenvalue weighted by Crippen LogP contribution is -2.07. The van der Waals surface area contributed by atoms with Crippen LogP contribution in [-0.4, -0.2) is 14.1 Å². The van der Waals surface area contributed by atoms with Gasteiger partial charge in [0.25, 0.3) is 0 Å². The summed E-state index contributed by atoms with van der Waals surface area (Å²) in [6.07, 6.45) is 0.478. The van der Waals surface area contributed by atoms with Crippen molar-refractivity contribution in [2.45, 2.75) is 33.1 Å². The molecule has 5 heteroatoms. The van der Waals surface area contributed by atoms with Gasteiger partial charge in [-0.25, -0.2) is 8.78 Å². The van der Waals surface area contributed by atoms with Crippen molar-refractivity contribution in [3.8, 4) is 0 Å². The van der Waals surface area contributed by atoms with Gasteiger partial charge in [-0.1, -0.05) is 20.8 Å². The summed E-state index contributed by atoms with van der Waals surface area (Å²) in [5.41, 5.74) is 2.17. The fourth-order valence-electron chi connectivity index (χ4n) is 2.39. The molecule has 0 radical (unpaired) electrons. The van der Waals surface area contributed by atoms with Gasteiger partial charge in [-0.2, -0.15) is 5.11 Å². The molecular weight excluding hydrogens is 308 g/mol. The van der Waals surface area contributed by atoms with E-state index in [0.29, 0.717) is 23.2 Å². The zero-order valence-electron chi connectivity index (χ0n) is 14.8. The summed E-state index contributed by atoms with van der Waals surface area (Å²) in [5.74, 6) is -1.31.